The van der Waals surface area contributed by atoms with Gasteiger partial charge in [0.25, 0.3) is 5.91 Å². The van der Waals surface area contributed by atoms with Crippen molar-refractivity contribution in [1.82, 2.24) is 15.0 Å². The topological polar surface area (TPSA) is 62.2 Å². The SMILES string of the molecule is O=C1c2sc(-c3cc(P)c(N4CCCC4)nc3F)nc2CCN1c1ccnc(P)c1. The van der Waals surface area contributed by atoms with Gasteiger partial charge in [0, 0.05) is 43.2 Å². The number of aromatic nitrogens is 3. The van der Waals surface area contributed by atoms with Gasteiger partial charge in [-0.05, 0) is 31.0 Å². The van der Waals surface area contributed by atoms with Crippen molar-refractivity contribution in [3.63, 3.8) is 0 Å². The third kappa shape index (κ3) is 3.51. The van der Waals surface area contributed by atoms with Crippen molar-refractivity contribution in [3.8, 4) is 10.6 Å². The Bertz CT molecular complexity index is 1150. The number of amides is 1. The maximum atomic E-state index is 14.9. The minimum atomic E-state index is -0.541. The average molecular weight is 459 g/mol. The molecular formula is C20H20FN5OP2S. The first-order valence-corrected chi connectivity index (χ1v) is 11.7. The first-order chi connectivity index (χ1) is 14.5. The number of fused-ring (bicyclic) bond motifs is 1. The predicted octanol–water partition coefficient (Wildman–Crippen LogP) is 2.54. The second-order valence-electron chi connectivity index (χ2n) is 7.37. The summed E-state index contributed by atoms with van der Waals surface area (Å²) in [5.74, 6) is 0.0253. The molecule has 2 aliphatic heterocycles. The van der Waals surface area contributed by atoms with Gasteiger partial charge in [-0.15, -0.1) is 20.6 Å². The van der Waals surface area contributed by atoms with Gasteiger partial charge in [0.15, 0.2) is 0 Å². The summed E-state index contributed by atoms with van der Waals surface area (Å²) in [4.78, 5) is 30.5. The van der Waals surface area contributed by atoms with E-state index in [1.54, 1.807) is 17.2 Å². The summed E-state index contributed by atoms with van der Waals surface area (Å²) in [5.41, 5.74) is 2.65. The molecule has 1 saturated heterocycles. The maximum absolute atomic E-state index is 14.9. The molecule has 2 atom stereocenters. The summed E-state index contributed by atoms with van der Waals surface area (Å²) >= 11 is 1.23. The normalized spacial score (nSPS) is 16.3. The Labute approximate surface area is 182 Å². The van der Waals surface area contributed by atoms with E-state index >= 15 is 0 Å². The van der Waals surface area contributed by atoms with Crippen LogP contribution in [0.1, 0.15) is 28.2 Å². The number of hydrogen-bond donors (Lipinski definition) is 0. The highest BCUT2D eigenvalue weighted by Gasteiger charge is 2.30. The lowest BCUT2D eigenvalue weighted by Gasteiger charge is -2.26. The van der Waals surface area contributed by atoms with Crippen LogP contribution in [0, 0.1) is 5.95 Å². The predicted molar refractivity (Wildman–Crippen MR) is 125 cm³/mol. The molecule has 5 rings (SSSR count). The Morgan fingerprint density at radius 3 is 2.67 bits per heavy atom. The van der Waals surface area contributed by atoms with Crippen LogP contribution in [0.25, 0.3) is 10.6 Å². The fraction of sp³-hybridized carbons (Fsp3) is 0.300. The molecule has 0 aliphatic carbocycles. The van der Waals surface area contributed by atoms with Crippen LogP contribution in [0.4, 0.5) is 15.9 Å². The highest BCUT2D eigenvalue weighted by molar-refractivity contribution is 7.28. The minimum absolute atomic E-state index is 0.108. The van der Waals surface area contributed by atoms with E-state index in [-0.39, 0.29) is 5.91 Å². The molecule has 0 aromatic carbocycles. The standard InChI is InChI=1S/C20H20FN5OP2S/c21-17-12(10-14(28)18(24-17)25-6-1-2-7-25)19-23-13-4-8-26(20(27)16(13)30-19)11-3-5-22-15(29)9-11/h3,5,9-10H,1-2,4,6-8,28-29H2. The number of pyridine rings is 2. The molecule has 3 aromatic rings. The van der Waals surface area contributed by atoms with Crippen molar-refractivity contribution < 1.29 is 9.18 Å². The molecular weight excluding hydrogens is 439 g/mol. The largest absolute Gasteiger partial charge is 0.356 e. The number of carbonyl (C=O) groups is 1. The van der Waals surface area contributed by atoms with E-state index in [0.29, 0.717) is 34.2 Å². The monoisotopic (exact) mass is 459 g/mol. The Balaban J connectivity index is 1.48. The fourth-order valence-electron chi connectivity index (χ4n) is 3.93. The number of rotatable bonds is 3. The highest BCUT2D eigenvalue weighted by Crippen LogP contribution is 2.34. The summed E-state index contributed by atoms with van der Waals surface area (Å²) in [6.45, 7) is 2.33. The molecule has 0 saturated carbocycles. The van der Waals surface area contributed by atoms with Gasteiger partial charge in [0.1, 0.15) is 15.7 Å². The second-order valence-corrected chi connectivity index (χ2v) is 9.59. The molecule has 0 spiro atoms. The van der Waals surface area contributed by atoms with Crippen LogP contribution in [-0.4, -0.2) is 40.5 Å². The van der Waals surface area contributed by atoms with Gasteiger partial charge in [-0.2, -0.15) is 4.39 Å². The van der Waals surface area contributed by atoms with Crippen molar-refractivity contribution >= 4 is 58.0 Å². The number of thiazole rings is 1. The van der Waals surface area contributed by atoms with Gasteiger partial charge >= 0.3 is 0 Å². The molecule has 1 fully saturated rings. The molecule has 5 heterocycles. The quantitative estimate of drug-likeness (QED) is 0.445. The molecule has 10 heteroatoms. The second kappa shape index (κ2) is 7.92. The summed E-state index contributed by atoms with van der Waals surface area (Å²) in [5, 5.41) is 1.34. The number of anilines is 2. The van der Waals surface area contributed by atoms with E-state index in [0.717, 1.165) is 48.1 Å². The number of halogens is 1. The highest BCUT2D eigenvalue weighted by atomic mass is 32.1. The van der Waals surface area contributed by atoms with Gasteiger partial charge in [-0.3, -0.25) is 9.78 Å². The molecule has 2 unspecified atom stereocenters. The molecule has 154 valence electrons. The number of carbonyl (C=O) groups excluding carboxylic acids is 1. The molecule has 0 N–H and O–H groups in total. The zero-order valence-corrected chi connectivity index (χ0v) is 19.3. The van der Waals surface area contributed by atoms with Crippen LogP contribution in [-0.2, 0) is 6.42 Å². The van der Waals surface area contributed by atoms with Crippen molar-refractivity contribution in [1.29, 1.82) is 0 Å². The van der Waals surface area contributed by atoms with Crippen molar-refractivity contribution in [2.24, 2.45) is 0 Å². The van der Waals surface area contributed by atoms with Crippen molar-refractivity contribution in [2.75, 3.05) is 29.4 Å². The molecule has 0 bridgehead atoms. The van der Waals surface area contributed by atoms with E-state index < -0.39 is 5.95 Å². The molecule has 2 aliphatic rings. The summed E-state index contributed by atoms with van der Waals surface area (Å²) in [6.07, 6.45) is 4.51. The van der Waals surface area contributed by atoms with Crippen LogP contribution < -0.4 is 20.5 Å². The Hall–Kier alpha value is -2.01. The Morgan fingerprint density at radius 2 is 1.90 bits per heavy atom. The van der Waals surface area contributed by atoms with Gasteiger partial charge in [0.05, 0.1) is 16.7 Å². The van der Waals surface area contributed by atoms with Gasteiger partial charge in [-0.25, -0.2) is 9.97 Å². The van der Waals surface area contributed by atoms with Crippen LogP contribution in [0.3, 0.4) is 0 Å². The molecule has 6 nitrogen and oxygen atoms in total. The molecule has 1 amide bonds. The fourth-order valence-corrected chi connectivity index (χ4v) is 5.66. The smallest absolute Gasteiger partial charge is 0.270 e. The molecule has 30 heavy (non-hydrogen) atoms. The first kappa shape index (κ1) is 19.9. The lowest BCUT2D eigenvalue weighted by molar-refractivity contribution is 0.0984. The zero-order valence-electron chi connectivity index (χ0n) is 16.1. The minimum Gasteiger partial charge on any atom is -0.356 e. The van der Waals surface area contributed by atoms with E-state index in [9.17, 15) is 9.18 Å². The number of hydrogen-bond acceptors (Lipinski definition) is 6. The first-order valence-electron chi connectivity index (χ1n) is 9.75. The van der Waals surface area contributed by atoms with Crippen LogP contribution in [0.15, 0.2) is 24.4 Å². The third-order valence-electron chi connectivity index (χ3n) is 5.41. The van der Waals surface area contributed by atoms with E-state index in [1.807, 2.05) is 12.1 Å². The molecule has 3 aromatic heterocycles. The lowest BCUT2D eigenvalue weighted by Crippen LogP contribution is -2.37. The van der Waals surface area contributed by atoms with Crippen LogP contribution >= 0.6 is 29.8 Å². The van der Waals surface area contributed by atoms with Crippen LogP contribution in [0.2, 0.25) is 0 Å². The Kier molecular flexibility index (Phi) is 5.26. The lowest BCUT2D eigenvalue weighted by atomic mass is 10.1. The van der Waals surface area contributed by atoms with Gasteiger partial charge < -0.3 is 9.80 Å². The van der Waals surface area contributed by atoms with E-state index in [1.165, 1.54) is 11.3 Å². The summed E-state index contributed by atoms with van der Waals surface area (Å²) in [6, 6.07) is 5.45. The number of nitrogens with zero attached hydrogens (tertiary/aromatic N) is 5. The zero-order chi connectivity index (χ0) is 20.8. The summed E-state index contributed by atoms with van der Waals surface area (Å²) in [7, 11) is 5.20. The van der Waals surface area contributed by atoms with Crippen LogP contribution in [0.5, 0.6) is 0 Å². The molecule has 0 radical (unpaired) electrons. The van der Waals surface area contributed by atoms with Crippen molar-refractivity contribution in [3.05, 3.63) is 40.9 Å². The van der Waals surface area contributed by atoms with E-state index in [2.05, 4.69) is 38.3 Å². The maximum Gasteiger partial charge on any atom is 0.270 e. The Morgan fingerprint density at radius 1 is 1.10 bits per heavy atom. The third-order valence-corrected chi connectivity index (χ3v) is 7.27. The average Bonchev–Trinajstić information content (AvgIpc) is 3.40. The summed E-state index contributed by atoms with van der Waals surface area (Å²) < 4.78 is 14.9. The van der Waals surface area contributed by atoms with Gasteiger partial charge in [-0.1, -0.05) is 9.24 Å². The van der Waals surface area contributed by atoms with Gasteiger partial charge in [0.2, 0.25) is 5.95 Å². The van der Waals surface area contributed by atoms with E-state index in [4.69, 9.17) is 0 Å². The van der Waals surface area contributed by atoms with Crippen molar-refractivity contribution in [2.45, 2.75) is 19.3 Å².